The number of fused-ring (bicyclic) bond motifs is 1. The van der Waals surface area contributed by atoms with E-state index in [0.29, 0.717) is 24.3 Å². The zero-order valence-electron chi connectivity index (χ0n) is 25.2. The molecule has 50 heavy (non-hydrogen) atoms. The van der Waals surface area contributed by atoms with Crippen molar-refractivity contribution in [2.24, 2.45) is 5.73 Å². The van der Waals surface area contributed by atoms with Crippen molar-refractivity contribution in [3.05, 3.63) is 117 Å². The molecule has 0 aliphatic rings. The lowest BCUT2D eigenvalue weighted by Gasteiger charge is -2.23. The van der Waals surface area contributed by atoms with Crippen LogP contribution in [-0.2, 0) is 42.9 Å². The number of alkyl halides is 4. The minimum Gasteiger partial charge on any atom is -0.451 e. The van der Waals surface area contributed by atoms with Crippen LogP contribution in [0.25, 0.3) is 11.0 Å². The van der Waals surface area contributed by atoms with Gasteiger partial charge in [0.15, 0.2) is 11.2 Å². The summed E-state index contributed by atoms with van der Waals surface area (Å²) in [5.74, 6) is -3.83. The first-order chi connectivity index (χ1) is 23.1. The van der Waals surface area contributed by atoms with Crippen LogP contribution >= 0.6 is 15.2 Å². The van der Waals surface area contributed by atoms with Crippen LogP contribution in [0.1, 0.15) is 32.8 Å². The molecule has 3 aromatic carbocycles. The summed E-state index contributed by atoms with van der Waals surface area (Å²) in [7, 11) is -11.8. The molecule has 14 nitrogen and oxygen atoms in total. The third-order valence-corrected chi connectivity index (χ3v) is 9.33. The van der Waals surface area contributed by atoms with Gasteiger partial charge in [0.25, 0.3) is 5.91 Å². The van der Waals surface area contributed by atoms with Crippen molar-refractivity contribution in [2.45, 2.75) is 36.3 Å². The summed E-state index contributed by atoms with van der Waals surface area (Å²) in [6.07, 6.45) is -0.899. The Morgan fingerprint density at radius 2 is 1.20 bits per heavy atom. The largest absolute Gasteiger partial charge is 0.451 e. The topological polar surface area (TPSA) is 247 Å². The molecule has 0 saturated carbocycles. The Morgan fingerprint density at radius 1 is 0.740 bits per heavy atom. The lowest BCUT2D eigenvalue weighted by Crippen LogP contribution is -2.54. The molecule has 0 bridgehead atoms. The maximum Gasteiger partial charge on any atom is 0.399 e. The number of nitrogens with two attached hydrogens (primary N) is 1. The van der Waals surface area contributed by atoms with Gasteiger partial charge in [0.05, 0.1) is 5.39 Å². The van der Waals surface area contributed by atoms with Crippen LogP contribution in [0.2, 0.25) is 0 Å². The van der Waals surface area contributed by atoms with E-state index in [-0.39, 0.29) is 22.1 Å². The third kappa shape index (κ3) is 8.35. The van der Waals surface area contributed by atoms with Gasteiger partial charge in [-0.2, -0.15) is 17.6 Å². The number of hydrogen-bond acceptors (Lipinski definition) is 7. The molecule has 0 aliphatic carbocycles. The summed E-state index contributed by atoms with van der Waals surface area (Å²) in [6.45, 7) is 0. The predicted octanol–water partition coefficient (Wildman–Crippen LogP) is 2.80. The molecule has 0 aliphatic heterocycles. The second-order valence-corrected chi connectivity index (χ2v) is 14.2. The Kier molecular flexibility index (Phi) is 10.9. The van der Waals surface area contributed by atoms with Crippen molar-refractivity contribution in [1.29, 1.82) is 0 Å². The van der Waals surface area contributed by atoms with Crippen LogP contribution in [0.15, 0.2) is 88.1 Å². The van der Waals surface area contributed by atoms with Gasteiger partial charge in [-0.25, -0.2) is 0 Å². The molecule has 0 radical (unpaired) electrons. The minimum atomic E-state index is -5.90. The lowest BCUT2D eigenvalue weighted by atomic mass is 10.0. The predicted molar refractivity (Wildman–Crippen MR) is 167 cm³/mol. The van der Waals surface area contributed by atoms with Crippen LogP contribution in [0, 0.1) is 0 Å². The lowest BCUT2D eigenvalue weighted by molar-refractivity contribution is -0.128. The van der Waals surface area contributed by atoms with E-state index in [1.165, 1.54) is 18.2 Å². The molecule has 3 amide bonds. The van der Waals surface area contributed by atoms with Crippen LogP contribution in [-0.4, -0.2) is 49.4 Å². The number of amides is 3. The third-order valence-electron chi connectivity index (χ3n) is 7.35. The summed E-state index contributed by atoms with van der Waals surface area (Å²) in [6, 6.07) is 10.4. The van der Waals surface area contributed by atoms with E-state index in [4.69, 9.17) is 29.7 Å². The molecular formula is C30H27F4N3O11P2. The van der Waals surface area contributed by atoms with Gasteiger partial charge in [-0.15, -0.1) is 0 Å². The number of halogens is 4. The fourth-order valence-electron chi connectivity index (χ4n) is 4.64. The van der Waals surface area contributed by atoms with Crippen LogP contribution < -0.4 is 21.8 Å². The highest BCUT2D eigenvalue weighted by Gasteiger charge is 2.51. The van der Waals surface area contributed by atoms with Crippen molar-refractivity contribution in [2.75, 3.05) is 0 Å². The number of benzene rings is 3. The molecule has 1 aromatic heterocycles. The molecule has 4 aromatic rings. The number of primary amides is 1. The first-order valence-corrected chi connectivity index (χ1v) is 17.3. The van der Waals surface area contributed by atoms with E-state index in [2.05, 4.69) is 10.6 Å². The summed E-state index contributed by atoms with van der Waals surface area (Å²) < 4.78 is 84.4. The van der Waals surface area contributed by atoms with E-state index in [9.17, 15) is 45.9 Å². The number of carbonyl (C=O) groups excluding carboxylic acids is 3. The number of nitrogens with one attached hydrogen (secondary N) is 2. The Bertz CT molecular complexity index is 2080. The normalized spacial score (nSPS) is 13.8. The maximum absolute atomic E-state index is 14.2. The molecular weight excluding hydrogens is 716 g/mol. The summed E-state index contributed by atoms with van der Waals surface area (Å²) in [5, 5.41) is 4.76. The Hall–Kier alpha value is -4.70. The van der Waals surface area contributed by atoms with E-state index < -0.39 is 91.5 Å². The SMILES string of the molecule is NC(=O)C(Cc1ccc(C(F)(F)P(=O)(O)O)cc1)NC(=O)C(Cc1ccc(C(F)(F)P(=O)(O)O)cc1)NC(=O)c1cc(=O)c2ccccc2o1. The van der Waals surface area contributed by atoms with Crippen molar-refractivity contribution >= 4 is 43.9 Å². The second kappa shape index (κ2) is 14.3. The Labute approximate surface area is 278 Å². The molecule has 2 atom stereocenters. The standard InChI is InChI=1S/C30H27F4N3O11P2/c31-29(32,49(42,43)44)18-9-5-16(6-10-18)13-21(26(35)39)36-27(40)22(14-17-7-11-19(12-8-17)30(33,34)50(45,46)47)37-28(41)25-15-23(38)20-3-1-2-4-24(20)48-25/h1-12,15,21-22H,13-14H2,(H2,35,39)(H,36,40)(H,37,41)(H2,42,43,44)(H2,45,46,47). The maximum atomic E-state index is 14.2. The van der Waals surface area contributed by atoms with Crippen molar-refractivity contribution in [3.8, 4) is 0 Å². The van der Waals surface area contributed by atoms with Crippen molar-refractivity contribution in [1.82, 2.24) is 10.6 Å². The van der Waals surface area contributed by atoms with Gasteiger partial charge in [0.1, 0.15) is 17.7 Å². The highest BCUT2D eigenvalue weighted by atomic mass is 31.2. The molecule has 4 rings (SSSR count). The average molecular weight is 743 g/mol. The van der Waals surface area contributed by atoms with Crippen LogP contribution in [0.4, 0.5) is 17.6 Å². The van der Waals surface area contributed by atoms with E-state index in [1.807, 2.05) is 0 Å². The fourth-order valence-corrected chi connectivity index (χ4v) is 5.61. The Morgan fingerprint density at radius 3 is 1.66 bits per heavy atom. The Balaban J connectivity index is 1.62. The monoisotopic (exact) mass is 743 g/mol. The van der Waals surface area contributed by atoms with Crippen LogP contribution in [0.3, 0.4) is 0 Å². The van der Waals surface area contributed by atoms with E-state index in [1.54, 1.807) is 6.07 Å². The zero-order valence-corrected chi connectivity index (χ0v) is 27.0. The van der Waals surface area contributed by atoms with Crippen molar-refractivity contribution < 1.29 is 65.1 Å². The number of hydrogen-bond donors (Lipinski definition) is 7. The molecule has 20 heteroatoms. The van der Waals surface area contributed by atoms with Gasteiger partial charge in [0, 0.05) is 30.0 Å². The van der Waals surface area contributed by atoms with Gasteiger partial charge in [-0.05, 0) is 23.3 Å². The van der Waals surface area contributed by atoms with Crippen molar-refractivity contribution in [3.63, 3.8) is 0 Å². The highest BCUT2D eigenvalue weighted by Crippen LogP contribution is 2.60. The number of para-hydroxylation sites is 1. The average Bonchev–Trinajstić information content (AvgIpc) is 3.03. The zero-order chi connectivity index (χ0) is 37.2. The molecule has 0 saturated heterocycles. The summed E-state index contributed by atoms with van der Waals surface area (Å²) in [4.78, 5) is 87.6. The number of carbonyl (C=O) groups is 3. The number of rotatable bonds is 13. The van der Waals surface area contributed by atoms with E-state index >= 15 is 0 Å². The highest BCUT2D eigenvalue weighted by molar-refractivity contribution is 7.52. The fraction of sp³-hybridized carbons (Fsp3) is 0.200. The molecule has 2 unspecified atom stereocenters. The van der Waals surface area contributed by atoms with E-state index in [0.717, 1.165) is 30.3 Å². The molecule has 266 valence electrons. The molecule has 0 spiro atoms. The first-order valence-electron chi connectivity index (χ1n) is 14.1. The van der Waals surface area contributed by atoms with Gasteiger partial charge >= 0.3 is 26.5 Å². The summed E-state index contributed by atoms with van der Waals surface area (Å²) >= 11 is 0. The minimum absolute atomic E-state index is 0.0334. The van der Waals surface area contributed by atoms with Gasteiger partial charge < -0.3 is 40.4 Å². The molecule has 0 fully saturated rings. The first kappa shape index (κ1) is 38.1. The van der Waals surface area contributed by atoms with Crippen LogP contribution in [0.5, 0.6) is 0 Å². The smallest absolute Gasteiger partial charge is 0.399 e. The molecule has 8 N–H and O–H groups in total. The van der Waals surface area contributed by atoms with Gasteiger partial charge in [-0.1, -0.05) is 60.7 Å². The second-order valence-electron chi connectivity index (χ2n) is 10.9. The molecule has 1 heterocycles. The van der Waals surface area contributed by atoms with Gasteiger partial charge in [0.2, 0.25) is 11.8 Å². The summed E-state index contributed by atoms with van der Waals surface area (Å²) in [5.41, 5.74) is -6.05. The quantitative estimate of drug-likeness (QED) is 0.0775. The van der Waals surface area contributed by atoms with Gasteiger partial charge in [-0.3, -0.25) is 28.3 Å².